The minimum atomic E-state index is -0.734. The van der Waals surface area contributed by atoms with Gasteiger partial charge in [0.25, 0.3) is 5.91 Å². The van der Waals surface area contributed by atoms with Crippen LogP contribution in [-0.2, 0) is 4.79 Å². The maximum atomic E-state index is 11.9. The number of ether oxygens (including phenoxy) is 1. The number of halogens is 2. The van der Waals surface area contributed by atoms with E-state index >= 15 is 0 Å². The van der Waals surface area contributed by atoms with Gasteiger partial charge in [-0.3, -0.25) is 10.1 Å². The first-order valence-corrected chi connectivity index (χ1v) is 7.66. The number of rotatable bonds is 5. The first-order valence-electron chi connectivity index (χ1n) is 6.50. The van der Waals surface area contributed by atoms with Crippen molar-refractivity contribution in [1.82, 2.24) is 10.6 Å². The molecule has 1 unspecified atom stereocenters. The molecule has 0 saturated carbocycles. The Morgan fingerprint density at radius 1 is 1.33 bits per heavy atom. The van der Waals surface area contributed by atoms with Gasteiger partial charge in [-0.1, -0.05) is 37.0 Å². The topological polar surface area (TPSA) is 50.4 Å². The van der Waals surface area contributed by atoms with Crippen LogP contribution in [0.4, 0.5) is 0 Å². The highest BCUT2D eigenvalue weighted by Gasteiger charge is 2.17. The lowest BCUT2D eigenvalue weighted by atomic mass is 10.2. The van der Waals surface area contributed by atoms with Crippen LogP contribution in [0.3, 0.4) is 0 Å². The van der Waals surface area contributed by atoms with E-state index in [1.807, 2.05) is 13.8 Å². The highest BCUT2D eigenvalue weighted by Crippen LogP contribution is 2.28. The molecule has 1 aromatic rings. The zero-order valence-corrected chi connectivity index (χ0v) is 14.4. The average Bonchev–Trinajstić information content (AvgIpc) is 2.39. The van der Waals surface area contributed by atoms with Gasteiger partial charge in [0.15, 0.2) is 11.2 Å². The Labute approximate surface area is 140 Å². The molecular weight excluding hydrogens is 331 g/mol. The Morgan fingerprint density at radius 2 is 2.00 bits per heavy atom. The lowest BCUT2D eigenvalue weighted by Gasteiger charge is -2.17. The zero-order chi connectivity index (χ0) is 16.0. The summed E-state index contributed by atoms with van der Waals surface area (Å²) in [5.74, 6) is 0.480. The summed E-state index contributed by atoms with van der Waals surface area (Å²) in [6, 6.07) is 4.81. The molecular formula is C14H18Cl2N2O2S. The lowest BCUT2D eigenvalue weighted by Crippen LogP contribution is -2.45. The zero-order valence-electron chi connectivity index (χ0n) is 12.1. The van der Waals surface area contributed by atoms with Crippen molar-refractivity contribution in [2.75, 3.05) is 6.54 Å². The molecule has 0 bridgehead atoms. The second-order valence-corrected chi connectivity index (χ2v) is 6.18. The quantitative estimate of drug-likeness (QED) is 0.800. The molecule has 0 fully saturated rings. The molecule has 1 amide bonds. The van der Waals surface area contributed by atoms with Gasteiger partial charge >= 0.3 is 0 Å². The summed E-state index contributed by atoms with van der Waals surface area (Å²) in [4.78, 5) is 11.9. The molecule has 0 spiro atoms. The predicted molar refractivity (Wildman–Crippen MR) is 90.1 cm³/mol. The van der Waals surface area contributed by atoms with E-state index in [1.54, 1.807) is 25.1 Å². The van der Waals surface area contributed by atoms with Crippen LogP contribution in [0.5, 0.6) is 5.75 Å². The first-order chi connectivity index (χ1) is 9.79. The van der Waals surface area contributed by atoms with Crippen molar-refractivity contribution in [2.45, 2.75) is 26.9 Å². The van der Waals surface area contributed by atoms with Gasteiger partial charge in [0.2, 0.25) is 0 Å². The molecule has 0 aliphatic carbocycles. The van der Waals surface area contributed by atoms with Crippen molar-refractivity contribution in [3.8, 4) is 5.75 Å². The third-order valence-corrected chi connectivity index (χ3v) is 3.25. The van der Waals surface area contributed by atoms with Gasteiger partial charge in [0, 0.05) is 11.6 Å². The van der Waals surface area contributed by atoms with E-state index in [1.165, 1.54) is 0 Å². The van der Waals surface area contributed by atoms with Crippen LogP contribution in [0.15, 0.2) is 18.2 Å². The van der Waals surface area contributed by atoms with Crippen LogP contribution < -0.4 is 15.4 Å². The summed E-state index contributed by atoms with van der Waals surface area (Å²) >= 11 is 16.8. The maximum absolute atomic E-state index is 11.9. The van der Waals surface area contributed by atoms with Crippen molar-refractivity contribution in [3.63, 3.8) is 0 Å². The molecule has 21 heavy (non-hydrogen) atoms. The summed E-state index contributed by atoms with van der Waals surface area (Å²) in [6.07, 6.45) is -0.734. The fraction of sp³-hybridized carbons (Fsp3) is 0.429. The number of amides is 1. The van der Waals surface area contributed by atoms with Crippen molar-refractivity contribution >= 4 is 46.4 Å². The minimum Gasteiger partial charge on any atom is -0.479 e. The standard InChI is InChI=1S/C14H18Cl2N2O2S/c1-8(2)7-17-14(21)18-13(19)9(3)20-12-5-4-10(15)6-11(12)16/h4-6,8-9H,7H2,1-3H3,(H2,17,18,19,21). The molecule has 7 heteroatoms. The van der Waals surface area contributed by atoms with E-state index in [9.17, 15) is 4.79 Å². The molecule has 0 saturated heterocycles. The Balaban J connectivity index is 2.52. The van der Waals surface area contributed by atoms with Gasteiger partial charge in [-0.05, 0) is 43.3 Å². The largest absolute Gasteiger partial charge is 0.479 e. The summed E-state index contributed by atoms with van der Waals surface area (Å²) in [7, 11) is 0. The smallest absolute Gasteiger partial charge is 0.266 e. The molecule has 0 aliphatic heterocycles. The fourth-order valence-electron chi connectivity index (χ4n) is 1.37. The third kappa shape index (κ3) is 6.50. The average molecular weight is 349 g/mol. The first kappa shape index (κ1) is 18.0. The molecule has 0 heterocycles. The Morgan fingerprint density at radius 3 is 2.57 bits per heavy atom. The summed E-state index contributed by atoms with van der Waals surface area (Å²) in [5, 5.41) is 6.66. The van der Waals surface area contributed by atoms with Crippen LogP contribution >= 0.6 is 35.4 Å². The fourth-order valence-corrected chi connectivity index (χ4v) is 2.01. The van der Waals surface area contributed by atoms with Gasteiger partial charge in [-0.15, -0.1) is 0 Å². The number of nitrogens with one attached hydrogen (secondary N) is 2. The highest BCUT2D eigenvalue weighted by atomic mass is 35.5. The van der Waals surface area contributed by atoms with Crippen molar-refractivity contribution in [2.24, 2.45) is 5.92 Å². The SMILES string of the molecule is CC(C)CNC(=S)NC(=O)C(C)Oc1ccc(Cl)cc1Cl. The summed E-state index contributed by atoms with van der Waals surface area (Å²) in [5.41, 5.74) is 0. The van der Waals surface area contributed by atoms with Gasteiger partial charge in [-0.25, -0.2) is 0 Å². The molecule has 4 nitrogen and oxygen atoms in total. The molecule has 0 aliphatic rings. The molecule has 116 valence electrons. The van der Waals surface area contributed by atoms with Crippen molar-refractivity contribution in [1.29, 1.82) is 0 Å². The number of benzene rings is 1. The van der Waals surface area contributed by atoms with Crippen molar-refractivity contribution in [3.05, 3.63) is 28.2 Å². The Kier molecular flexibility index (Phi) is 7.22. The molecule has 1 atom stereocenters. The van der Waals surface area contributed by atoms with E-state index in [-0.39, 0.29) is 11.0 Å². The second-order valence-electron chi connectivity index (χ2n) is 4.93. The van der Waals surface area contributed by atoms with E-state index in [0.29, 0.717) is 28.3 Å². The monoisotopic (exact) mass is 348 g/mol. The molecule has 1 rings (SSSR count). The van der Waals surface area contributed by atoms with Gasteiger partial charge in [0.05, 0.1) is 5.02 Å². The molecule has 2 N–H and O–H groups in total. The lowest BCUT2D eigenvalue weighted by molar-refractivity contribution is -0.125. The summed E-state index contributed by atoms with van der Waals surface area (Å²) < 4.78 is 5.50. The van der Waals surface area contributed by atoms with Gasteiger partial charge in [0.1, 0.15) is 5.75 Å². The van der Waals surface area contributed by atoms with Crippen molar-refractivity contribution < 1.29 is 9.53 Å². The number of hydrogen-bond acceptors (Lipinski definition) is 3. The third-order valence-electron chi connectivity index (χ3n) is 2.47. The molecule has 1 aromatic carbocycles. The Bertz CT molecular complexity index is 524. The van der Waals surface area contributed by atoms with Crippen LogP contribution in [0.25, 0.3) is 0 Å². The van der Waals surface area contributed by atoms with E-state index in [4.69, 9.17) is 40.2 Å². The maximum Gasteiger partial charge on any atom is 0.266 e. The van der Waals surface area contributed by atoms with Crippen LogP contribution in [0.2, 0.25) is 10.0 Å². The van der Waals surface area contributed by atoms with Crippen LogP contribution in [0, 0.1) is 5.92 Å². The normalized spacial score (nSPS) is 11.9. The number of carbonyl (C=O) groups is 1. The highest BCUT2D eigenvalue weighted by molar-refractivity contribution is 7.80. The molecule has 0 aromatic heterocycles. The van der Waals surface area contributed by atoms with Crippen LogP contribution in [0.1, 0.15) is 20.8 Å². The van der Waals surface area contributed by atoms with Crippen LogP contribution in [-0.4, -0.2) is 23.7 Å². The second kappa shape index (κ2) is 8.41. The van der Waals surface area contributed by atoms with E-state index in [0.717, 1.165) is 0 Å². The molecule has 0 radical (unpaired) electrons. The van der Waals surface area contributed by atoms with Gasteiger partial charge in [-0.2, -0.15) is 0 Å². The van der Waals surface area contributed by atoms with Gasteiger partial charge < -0.3 is 10.1 Å². The Hall–Kier alpha value is -1.04. The predicted octanol–water partition coefficient (Wildman–Crippen LogP) is 3.41. The summed E-state index contributed by atoms with van der Waals surface area (Å²) in [6.45, 7) is 6.40. The van der Waals surface area contributed by atoms with E-state index < -0.39 is 6.10 Å². The number of thiocarbonyl (C=S) groups is 1. The number of hydrogen-bond donors (Lipinski definition) is 2. The number of carbonyl (C=O) groups excluding carboxylic acids is 1. The van der Waals surface area contributed by atoms with E-state index in [2.05, 4.69) is 10.6 Å². The minimum absolute atomic E-state index is 0.284.